The molecule has 0 saturated heterocycles. The van der Waals surface area contributed by atoms with Crippen molar-refractivity contribution in [3.05, 3.63) is 485 Å². The number of hydrogen-bond donors (Lipinski definition) is 0. The molecule has 0 bridgehead atoms. The quantitative estimate of drug-likeness (QED) is 0.107. The van der Waals surface area contributed by atoms with E-state index >= 15 is 0 Å². The van der Waals surface area contributed by atoms with Gasteiger partial charge in [-0.15, -0.1) is 0 Å². The first-order valence-corrected chi connectivity index (χ1v) is 40.8. The van der Waals surface area contributed by atoms with Gasteiger partial charge in [-0.2, -0.15) is 0 Å². The van der Waals surface area contributed by atoms with Crippen LogP contribution >= 0.6 is 0 Å². The summed E-state index contributed by atoms with van der Waals surface area (Å²) in [5.41, 5.74) is 30.0. The molecule has 0 N–H and O–H groups in total. The second-order valence-corrected chi connectivity index (χ2v) is 30.3. The minimum atomic E-state index is 1.23. The molecule has 0 fully saturated rings. The highest BCUT2D eigenvalue weighted by Crippen LogP contribution is 2.50. The predicted octanol–water partition coefficient (Wildman–Crippen LogP) is 33.1. The molecule has 0 spiro atoms. The molecule has 0 nitrogen and oxygen atoms in total. The number of rotatable bonds is 12. The molecule has 0 aliphatic carbocycles. The van der Waals surface area contributed by atoms with Crippen molar-refractivity contribution in [2.24, 2.45) is 0 Å². The highest BCUT2D eigenvalue weighted by molar-refractivity contribution is 6.25. The minimum Gasteiger partial charge on any atom is -0.0622 e. The third kappa shape index (κ3) is 13.9. The van der Waals surface area contributed by atoms with Crippen molar-refractivity contribution < 1.29 is 0 Å². The summed E-state index contributed by atoms with van der Waals surface area (Å²) in [6.07, 6.45) is 0. The van der Waals surface area contributed by atoms with Crippen LogP contribution in [0.25, 0.3) is 209 Å². The molecular weight excluding hydrogens is 1420 g/mol. The van der Waals surface area contributed by atoms with Gasteiger partial charge in [-0.05, 0) is 233 Å². The van der Waals surface area contributed by atoms with Crippen LogP contribution in [0.1, 0.15) is 0 Å². The molecule has 0 unspecified atom stereocenters. The van der Waals surface area contributed by atoms with Gasteiger partial charge < -0.3 is 0 Å². The number of benzene rings is 22. The highest BCUT2D eigenvalue weighted by atomic mass is 14.3. The minimum absolute atomic E-state index is 1.23. The van der Waals surface area contributed by atoms with E-state index in [-0.39, 0.29) is 0 Å². The fourth-order valence-electron chi connectivity index (χ4n) is 18.0. The van der Waals surface area contributed by atoms with Crippen LogP contribution < -0.4 is 0 Å². The van der Waals surface area contributed by atoms with Crippen LogP contribution in [-0.2, 0) is 0 Å². The summed E-state index contributed by atoms with van der Waals surface area (Å²) in [5, 5.41) is 17.8. The molecule has 0 saturated carbocycles. The second-order valence-electron chi connectivity index (χ2n) is 30.3. The largest absolute Gasteiger partial charge is 0.0622 e. The first kappa shape index (κ1) is 71.7. The Morgan fingerprint density at radius 1 is 0.0847 bits per heavy atom. The SMILES string of the molecule is c1ccc(-c2ccc(-c3c4ccccc4c(-c4cccc(-c5ccccc5)c4)c4ccccc34)cc2)cc1.c1ccc(-c2cccc(-c3c4ccccc4c(-c4cccc(-c5ccccc5)c4)c4ccccc34)c2)cc1.c1ccc(-c2cccc(-c3c4ccccc4c(-c4ccccc4-c4cccc5ccccc45)c4ccccc34)c2)cc1. The molecule has 0 aliphatic heterocycles. The number of hydrogen-bond acceptors (Lipinski definition) is 0. The summed E-state index contributed by atoms with van der Waals surface area (Å²) in [6, 6.07) is 176. The summed E-state index contributed by atoms with van der Waals surface area (Å²) < 4.78 is 0. The summed E-state index contributed by atoms with van der Waals surface area (Å²) in [4.78, 5) is 0. The first-order chi connectivity index (χ1) is 58.6. The van der Waals surface area contributed by atoms with Crippen molar-refractivity contribution in [1.29, 1.82) is 0 Å². The fraction of sp³-hybridized carbons (Fsp3) is 0. The standard InChI is InChI=1S/C42H28.2C38H26/c1-2-14-29(15-3-1)31-18-12-19-32(28-31)41-37-23-8-10-25-39(37)42(40-26-11-9-24-38(40)41)36-22-7-6-21-35(36)34-27-13-17-30-16-4-5-20-33(30)34;1-3-13-27(14-4-1)29-17-11-19-31(25-29)37-33-21-7-9-23-35(33)38(36-24-10-8-22-34(36)37)32-20-12-18-30(26-32)28-15-5-2-6-16-28;1-3-12-27(13-4-1)29-22-24-30(25-23-29)37-33-18-7-9-20-35(33)38(36-21-10-8-19-34(36)37)32-17-11-16-31(26-32)28-14-5-2-6-15-28/h1-28H;2*1-26H. The molecule has 552 valence electrons. The molecule has 22 aromatic rings. The molecule has 0 heteroatoms. The highest BCUT2D eigenvalue weighted by Gasteiger charge is 2.23. The Hall–Kier alpha value is -15.3. The Labute approximate surface area is 689 Å². The van der Waals surface area contributed by atoms with Crippen LogP contribution in [0.15, 0.2) is 485 Å². The van der Waals surface area contributed by atoms with E-state index in [1.165, 1.54) is 209 Å². The third-order valence-corrected chi connectivity index (χ3v) is 23.4. The Morgan fingerprint density at radius 2 is 0.263 bits per heavy atom. The van der Waals surface area contributed by atoms with Gasteiger partial charge in [0.1, 0.15) is 0 Å². The molecular formula is C118H80. The van der Waals surface area contributed by atoms with Gasteiger partial charge in [0.25, 0.3) is 0 Å². The smallest absolute Gasteiger partial charge is 0.00201 e. The van der Waals surface area contributed by atoms with Gasteiger partial charge in [0.2, 0.25) is 0 Å². The lowest BCUT2D eigenvalue weighted by Gasteiger charge is -2.20. The van der Waals surface area contributed by atoms with E-state index in [0.717, 1.165) is 0 Å². The fourth-order valence-corrected chi connectivity index (χ4v) is 18.0. The van der Waals surface area contributed by atoms with Crippen LogP contribution in [0.3, 0.4) is 0 Å². The zero-order valence-corrected chi connectivity index (χ0v) is 65.2. The Morgan fingerprint density at radius 3 is 0.568 bits per heavy atom. The van der Waals surface area contributed by atoms with E-state index in [0.29, 0.717) is 0 Å². The van der Waals surface area contributed by atoms with Crippen LogP contribution in [0.4, 0.5) is 0 Å². The summed E-state index contributed by atoms with van der Waals surface area (Å²) in [5.74, 6) is 0. The lowest BCUT2D eigenvalue weighted by molar-refractivity contribution is 1.60. The summed E-state index contributed by atoms with van der Waals surface area (Å²) >= 11 is 0. The van der Waals surface area contributed by atoms with Gasteiger partial charge in [-0.3, -0.25) is 0 Å². The van der Waals surface area contributed by atoms with Gasteiger partial charge in [-0.1, -0.05) is 461 Å². The van der Waals surface area contributed by atoms with Crippen molar-refractivity contribution in [3.8, 4) is 134 Å². The van der Waals surface area contributed by atoms with E-state index in [2.05, 4.69) is 485 Å². The maximum atomic E-state index is 2.34. The average Bonchev–Trinajstić information content (AvgIpc) is 0.730. The van der Waals surface area contributed by atoms with Crippen molar-refractivity contribution in [3.63, 3.8) is 0 Å². The van der Waals surface area contributed by atoms with Crippen LogP contribution in [0.5, 0.6) is 0 Å². The van der Waals surface area contributed by atoms with Gasteiger partial charge in [0.05, 0.1) is 0 Å². The molecule has 22 rings (SSSR count). The predicted molar refractivity (Wildman–Crippen MR) is 507 cm³/mol. The summed E-state index contributed by atoms with van der Waals surface area (Å²) in [6.45, 7) is 0. The molecule has 0 aromatic heterocycles. The zero-order chi connectivity index (χ0) is 78.5. The van der Waals surface area contributed by atoms with E-state index in [4.69, 9.17) is 0 Å². The molecule has 0 radical (unpaired) electrons. The van der Waals surface area contributed by atoms with Gasteiger partial charge in [0, 0.05) is 0 Å². The Balaban J connectivity index is 0.000000114. The van der Waals surface area contributed by atoms with E-state index < -0.39 is 0 Å². The van der Waals surface area contributed by atoms with Gasteiger partial charge >= 0.3 is 0 Å². The van der Waals surface area contributed by atoms with E-state index in [1.807, 2.05) is 0 Å². The number of fused-ring (bicyclic) bond motifs is 7. The lowest BCUT2D eigenvalue weighted by atomic mass is 9.83. The molecule has 0 atom stereocenters. The topological polar surface area (TPSA) is 0 Å². The van der Waals surface area contributed by atoms with E-state index in [9.17, 15) is 0 Å². The molecule has 0 aliphatic rings. The van der Waals surface area contributed by atoms with Crippen LogP contribution in [-0.4, -0.2) is 0 Å². The van der Waals surface area contributed by atoms with Gasteiger partial charge in [0.15, 0.2) is 0 Å². The molecule has 22 aromatic carbocycles. The van der Waals surface area contributed by atoms with Crippen LogP contribution in [0.2, 0.25) is 0 Å². The zero-order valence-electron chi connectivity index (χ0n) is 65.2. The van der Waals surface area contributed by atoms with Crippen molar-refractivity contribution in [2.75, 3.05) is 0 Å². The maximum Gasteiger partial charge on any atom is -0.00201 e. The molecule has 118 heavy (non-hydrogen) atoms. The van der Waals surface area contributed by atoms with E-state index in [1.54, 1.807) is 0 Å². The molecule has 0 heterocycles. The summed E-state index contributed by atoms with van der Waals surface area (Å²) in [7, 11) is 0. The molecule has 0 amide bonds. The lowest BCUT2D eigenvalue weighted by Crippen LogP contribution is -1.93. The van der Waals surface area contributed by atoms with Gasteiger partial charge in [-0.25, -0.2) is 0 Å². The Bertz CT molecular complexity index is 7110. The Kier molecular flexibility index (Phi) is 19.6. The van der Waals surface area contributed by atoms with Crippen molar-refractivity contribution in [2.45, 2.75) is 0 Å². The first-order valence-electron chi connectivity index (χ1n) is 40.8. The van der Waals surface area contributed by atoms with Crippen molar-refractivity contribution >= 4 is 75.4 Å². The monoisotopic (exact) mass is 1500 g/mol. The van der Waals surface area contributed by atoms with Crippen LogP contribution in [0, 0.1) is 0 Å². The average molecular weight is 1500 g/mol. The normalized spacial score (nSPS) is 11.2. The van der Waals surface area contributed by atoms with Crippen molar-refractivity contribution in [1.82, 2.24) is 0 Å². The second kappa shape index (κ2) is 32.3. The maximum absolute atomic E-state index is 2.34. The third-order valence-electron chi connectivity index (χ3n) is 23.4.